The summed E-state index contributed by atoms with van der Waals surface area (Å²) in [7, 11) is 1.80. The highest BCUT2D eigenvalue weighted by atomic mass is 16.5. The third-order valence-electron chi connectivity index (χ3n) is 5.15. The predicted molar refractivity (Wildman–Crippen MR) is 113 cm³/mol. The lowest BCUT2D eigenvalue weighted by Gasteiger charge is -2.17. The Labute approximate surface area is 168 Å². The maximum Gasteiger partial charge on any atom is 0.191 e. The van der Waals surface area contributed by atoms with Crippen LogP contribution in [0.4, 0.5) is 0 Å². The van der Waals surface area contributed by atoms with Gasteiger partial charge in [0.05, 0.1) is 19.0 Å². The molecule has 3 rings (SSSR count). The van der Waals surface area contributed by atoms with Gasteiger partial charge in [0, 0.05) is 39.1 Å². The van der Waals surface area contributed by atoms with Gasteiger partial charge in [-0.2, -0.15) is 0 Å². The smallest absolute Gasteiger partial charge is 0.191 e. The van der Waals surface area contributed by atoms with Gasteiger partial charge < -0.3 is 19.9 Å². The minimum atomic E-state index is 0.442. The van der Waals surface area contributed by atoms with Crippen molar-refractivity contribution in [3.05, 3.63) is 54.1 Å². The molecular formula is C22H33N5O. The summed E-state index contributed by atoms with van der Waals surface area (Å²) < 4.78 is 8.10. The number of nitrogens with zero attached hydrogens (tertiary/aromatic N) is 3. The minimum Gasteiger partial charge on any atom is -0.376 e. The largest absolute Gasteiger partial charge is 0.376 e. The first-order chi connectivity index (χ1) is 13.8. The molecule has 6 nitrogen and oxygen atoms in total. The van der Waals surface area contributed by atoms with Gasteiger partial charge >= 0.3 is 0 Å². The van der Waals surface area contributed by atoms with Crippen LogP contribution in [0.15, 0.2) is 48.0 Å². The van der Waals surface area contributed by atoms with Gasteiger partial charge in [0.15, 0.2) is 5.96 Å². The Morgan fingerprint density at radius 3 is 2.75 bits per heavy atom. The van der Waals surface area contributed by atoms with Crippen molar-refractivity contribution >= 4 is 5.96 Å². The van der Waals surface area contributed by atoms with Crippen LogP contribution in [0.2, 0.25) is 0 Å². The molecule has 0 bridgehead atoms. The highest BCUT2D eigenvalue weighted by Gasteiger charge is 2.12. The van der Waals surface area contributed by atoms with Gasteiger partial charge in [-0.1, -0.05) is 49.9 Å². The summed E-state index contributed by atoms with van der Waals surface area (Å²) in [5, 5.41) is 6.73. The van der Waals surface area contributed by atoms with Gasteiger partial charge in [0.1, 0.15) is 0 Å². The lowest BCUT2D eigenvalue weighted by atomic mass is 10.1. The Kier molecular flexibility index (Phi) is 8.37. The Balaban J connectivity index is 1.37. The van der Waals surface area contributed by atoms with Crippen LogP contribution in [-0.2, 0) is 17.8 Å². The average Bonchev–Trinajstić information content (AvgIpc) is 3.08. The van der Waals surface area contributed by atoms with Crippen molar-refractivity contribution in [3.8, 4) is 0 Å². The zero-order valence-corrected chi connectivity index (χ0v) is 16.9. The van der Waals surface area contributed by atoms with Crippen LogP contribution < -0.4 is 10.6 Å². The number of nitrogens with one attached hydrogen (secondary N) is 2. The van der Waals surface area contributed by atoms with Crippen LogP contribution in [0.3, 0.4) is 0 Å². The Morgan fingerprint density at radius 2 is 2.00 bits per heavy atom. The Bertz CT molecular complexity index is 705. The molecule has 2 aromatic rings. The molecule has 1 heterocycles. The van der Waals surface area contributed by atoms with Crippen molar-refractivity contribution in [2.75, 3.05) is 20.2 Å². The second kappa shape index (κ2) is 11.5. The Morgan fingerprint density at radius 1 is 1.18 bits per heavy atom. The van der Waals surface area contributed by atoms with E-state index in [2.05, 4.69) is 49.4 Å². The fraction of sp³-hybridized carbons (Fsp3) is 0.545. The summed E-state index contributed by atoms with van der Waals surface area (Å²) in [6, 6.07) is 8.59. The van der Waals surface area contributed by atoms with Gasteiger partial charge in [-0.3, -0.25) is 4.99 Å². The average molecular weight is 384 g/mol. The summed E-state index contributed by atoms with van der Waals surface area (Å²) in [4.78, 5) is 8.41. The first-order valence-electron chi connectivity index (χ1n) is 10.4. The second-order valence-electron chi connectivity index (χ2n) is 7.39. The molecule has 0 radical (unpaired) electrons. The van der Waals surface area contributed by atoms with Gasteiger partial charge in [0.2, 0.25) is 0 Å². The fourth-order valence-electron chi connectivity index (χ4n) is 3.64. The van der Waals surface area contributed by atoms with E-state index in [-0.39, 0.29) is 0 Å². The number of aliphatic imine (C=N–C) groups is 1. The van der Waals surface area contributed by atoms with E-state index in [1.807, 2.05) is 12.5 Å². The summed E-state index contributed by atoms with van der Waals surface area (Å²) in [6.07, 6.45) is 13.8. The van der Waals surface area contributed by atoms with Crippen molar-refractivity contribution in [2.24, 2.45) is 4.99 Å². The van der Waals surface area contributed by atoms with E-state index in [0.717, 1.165) is 32.2 Å². The van der Waals surface area contributed by atoms with Gasteiger partial charge in [-0.15, -0.1) is 0 Å². The standard InChI is InChI=1S/C22H33N5O/c1-23-22(25-12-14-28-21-9-4-2-3-5-10-21)26-16-19-7-6-8-20(15-19)17-27-13-11-24-18-27/h6-8,11,13,15,18,21H,2-5,9-10,12,14,16-17H2,1H3,(H2,23,25,26). The van der Waals surface area contributed by atoms with E-state index < -0.39 is 0 Å². The van der Waals surface area contributed by atoms with Gasteiger partial charge in [0.25, 0.3) is 0 Å². The molecule has 2 N–H and O–H groups in total. The molecule has 0 amide bonds. The molecule has 0 unspecified atom stereocenters. The molecule has 28 heavy (non-hydrogen) atoms. The monoisotopic (exact) mass is 383 g/mol. The molecular weight excluding hydrogens is 350 g/mol. The van der Waals surface area contributed by atoms with Crippen LogP contribution in [0.25, 0.3) is 0 Å². The molecule has 0 spiro atoms. The van der Waals surface area contributed by atoms with Crippen molar-refractivity contribution in [3.63, 3.8) is 0 Å². The first kappa shape index (κ1) is 20.4. The van der Waals surface area contributed by atoms with Gasteiger partial charge in [-0.25, -0.2) is 4.98 Å². The summed E-state index contributed by atoms with van der Waals surface area (Å²) >= 11 is 0. The van der Waals surface area contributed by atoms with Gasteiger partial charge in [-0.05, 0) is 24.0 Å². The van der Waals surface area contributed by atoms with Crippen LogP contribution in [0, 0.1) is 0 Å². The lowest BCUT2D eigenvalue weighted by molar-refractivity contribution is 0.0468. The number of hydrogen-bond donors (Lipinski definition) is 2. The quantitative estimate of drug-likeness (QED) is 0.318. The molecule has 1 aromatic carbocycles. The van der Waals surface area contributed by atoms with E-state index >= 15 is 0 Å². The molecule has 0 atom stereocenters. The molecule has 0 aliphatic heterocycles. The molecule has 6 heteroatoms. The lowest BCUT2D eigenvalue weighted by Crippen LogP contribution is -2.38. The van der Waals surface area contributed by atoms with Crippen molar-refractivity contribution < 1.29 is 4.74 Å². The third-order valence-corrected chi connectivity index (χ3v) is 5.15. The summed E-state index contributed by atoms with van der Waals surface area (Å²) in [5.41, 5.74) is 2.49. The van der Waals surface area contributed by atoms with Crippen LogP contribution in [0.1, 0.15) is 49.7 Å². The zero-order valence-electron chi connectivity index (χ0n) is 16.9. The SMILES string of the molecule is CN=C(NCCOC1CCCCCC1)NCc1cccc(Cn2ccnc2)c1. The van der Waals surface area contributed by atoms with E-state index in [4.69, 9.17) is 4.74 Å². The summed E-state index contributed by atoms with van der Waals surface area (Å²) in [5.74, 6) is 0.810. The van der Waals surface area contributed by atoms with E-state index in [1.165, 1.54) is 49.7 Å². The second-order valence-corrected chi connectivity index (χ2v) is 7.39. The maximum absolute atomic E-state index is 6.03. The van der Waals surface area contributed by atoms with E-state index in [0.29, 0.717) is 6.10 Å². The number of guanidine groups is 1. The maximum atomic E-state index is 6.03. The Hall–Kier alpha value is -2.34. The zero-order chi connectivity index (χ0) is 19.4. The number of aromatic nitrogens is 2. The van der Waals surface area contributed by atoms with Crippen LogP contribution in [0.5, 0.6) is 0 Å². The van der Waals surface area contributed by atoms with E-state index in [1.54, 1.807) is 13.2 Å². The number of rotatable bonds is 8. The summed E-state index contributed by atoms with van der Waals surface area (Å²) in [6.45, 7) is 3.07. The number of ether oxygens (including phenoxy) is 1. The highest BCUT2D eigenvalue weighted by molar-refractivity contribution is 5.79. The van der Waals surface area contributed by atoms with Crippen LogP contribution in [-0.4, -0.2) is 41.8 Å². The van der Waals surface area contributed by atoms with Crippen molar-refractivity contribution in [2.45, 2.75) is 57.7 Å². The molecule has 1 aromatic heterocycles. The highest BCUT2D eigenvalue weighted by Crippen LogP contribution is 2.19. The van der Waals surface area contributed by atoms with Crippen molar-refractivity contribution in [1.82, 2.24) is 20.2 Å². The molecule has 152 valence electrons. The number of imidazole rings is 1. The molecule has 1 saturated carbocycles. The predicted octanol–water partition coefficient (Wildman–Crippen LogP) is 3.34. The first-order valence-corrected chi connectivity index (χ1v) is 10.4. The number of hydrogen-bond acceptors (Lipinski definition) is 3. The van der Waals surface area contributed by atoms with E-state index in [9.17, 15) is 0 Å². The van der Waals surface area contributed by atoms with Crippen molar-refractivity contribution in [1.29, 1.82) is 0 Å². The molecule has 1 aliphatic carbocycles. The third kappa shape index (κ3) is 7.00. The fourth-order valence-corrected chi connectivity index (χ4v) is 3.64. The normalized spacial score (nSPS) is 16.0. The topological polar surface area (TPSA) is 63.5 Å². The molecule has 0 saturated heterocycles. The minimum absolute atomic E-state index is 0.442. The number of benzene rings is 1. The molecule has 1 aliphatic rings. The molecule has 1 fully saturated rings. The van der Waals surface area contributed by atoms with Crippen LogP contribution >= 0.6 is 0 Å².